The molecule has 1 heterocycles. The molecule has 1 aromatic carbocycles. The molecule has 0 aliphatic carbocycles. The summed E-state index contributed by atoms with van der Waals surface area (Å²) in [6, 6.07) is 11.1. The summed E-state index contributed by atoms with van der Waals surface area (Å²) in [5.41, 5.74) is 8.31. The Morgan fingerprint density at radius 1 is 1.21 bits per heavy atom. The number of carbonyl (C=O) groups is 1. The van der Waals surface area contributed by atoms with E-state index in [2.05, 4.69) is 10.3 Å². The first-order chi connectivity index (χ1) is 9.15. The molecule has 0 fully saturated rings. The zero-order valence-electron chi connectivity index (χ0n) is 10.8. The van der Waals surface area contributed by atoms with Gasteiger partial charge in [-0.1, -0.05) is 12.1 Å². The first kappa shape index (κ1) is 13.1. The van der Waals surface area contributed by atoms with Gasteiger partial charge >= 0.3 is 0 Å². The van der Waals surface area contributed by atoms with Gasteiger partial charge in [0.05, 0.1) is 12.5 Å². The predicted octanol–water partition coefficient (Wildman–Crippen LogP) is 2.08. The highest BCUT2D eigenvalue weighted by Gasteiger charge is 2.09. The van der Waals surface area contributed by atoms with E-state index in [0.29, 0.717) is 12.1 Å². The first-order valence-electron chi connectivity index (χ1n) is 6.19. The lowest BCUT2D eigenvalue weighted by Gasteiger charge is -2.14. The normalized spacial score (nSPS) is 11.8. The van der Waals surface area contributed by atoms with Crippen LogP contribution < -0.4 is 11.1 Å². The Hall–Kier alpha value is -2.36. The minimum atomic E-state index is -0.0238. The summed E-state index contributed by atoms with van der Waals surface area (Å²) in [5, 5.41) is 2.96. The molecule has 0 saturated heterocycles. The molecule has 4 nitrogen and oxygen atoms in total. The van der Waals surface area contributed by atoms with Crippen LogP contribution in [0.15, 0.2) is 48.8 Å². The summed E-state index contributed by atoms with van der Waals surface area (Å²) in [5.74, 6) is -0.00548. The average molecular weight is 255 g/mol. The van der Waals surface area contributed by atoms with Gasteiger partial charge < -0.3 is 11.1 Å². The monoisotopic (exact) mass is 255 g/mol. The fourth-order valence-electron chi connectivity index (χ4n) is 1.85. The maximum absolute atomic E-state index is 11.9. The number of anilines is 1. The van der Waals surface area contributed by atoms with Crippen molar-refractivity contribution in [2.75, 3.05) is 5.73 Å². The maximum Gasteiger partial charge on any atom is 0.224 e. The van der Waals surface area contributed by atoms with E-state index in [4.69, 9.17) is 5.73 Å². The summed E-state index contributed by atoms with van der Waals surface area (Å²) >= 11 is 0. The van der Waals surface area contributed by atoms with Gasteiger partial charge in [-0.25, -0.2) is 0 Å². The highest BCUT2D eigenvalue weighted by atomic mass is 16.1. The zero-order chi connectivity index (χ0) is 13.7. The van der Waals surface area contributed by atoms with Crippen molar-refractivity contribution in [3.63, 3.8) is 0 Å². The number of nitrogens with zero attached hydrogens (tertiary/aromatic N) is 1. The van der Waals surface area contributed by atoms with Crippen LogP contribution in [0.2, 0.25) is 0 Å². The molecule has 0 radical (unpaired) electrons. The van der Waals surface area contributed by atoms with Crippen molar-refractivity contribution in [3.8, 4) is 0 Å². The summed E-state index contributed by atoms with van der Waals surface area (Å²) in [4.78, 5) is 15.9. The van der Waals surface area contributed by atoms with Crippen molar-refractivity contribution in [1.29, 1.82) is 0 Å². The van der Waals surface area contributed by atoms with Crippen LogP contribution in [0.3, 0.4) is 0 Å². The third-order valence-corrected chi connectivity index (χ3v) is 2.93. The fourth-order valence-corrected chi connectivity index (χ4v) is 1.85. The molecule has 2 rings (SSSR count). The molecule has 1 unspecified atom stereocenters. The molecule has 2 aromatic rings. The molecule has 98 valence electrons. The van der Waals surface area contributed by atoms with Crippen LogP contribution in [0.5, 0.6) is 0 Å². The van der Waals surface area contributed by atoms with Gasteiger partial charge in [0.25, 0.3) is 0 Å². The zero-order valence-corrected chi connectivity index (χ0v) is 10.8. The van der Waals surface area contributed by atoms with Gasteiger partial charge in [0.1, 0.15) is 0 Å². The van der Waals surface area contributed by atoms with E-state index in [9.17, 15) is 4.79 Å². The molecule has 1 aromatic heterocycles. The van der Waals surface area contributed by atoms with Crippen LogP contribution in [0.25, 0.3) is 0 Å². The number of hydrogen-bond acceptors (Lipinski definition) is 3. The van der Waals surface area contributed by atoms with E-state index in [-0.39, 0.29) is 11.9 Å². The minimum Gasteiger partial charge on any atom is -0.399 e. The van der Waals surface area contributed by atoms with Gasteiger partial charge in [0, 0.05) is 18.1 Å². The van der Waals surface area contributed by atoms with Crippen LogP contribution in [0, 0.1) is 0 Å². The van der Waals surface area contributed by atoms with Crippen LogP contribution in [0.1, 0.15) is 24.1 Å². The predicted molar refractivity (Wildman–Crippen MR) is 75.4 cm³/mol. The molecule has 1 atom stereocenters. The molecular weight excluding hydrogens is 238 g/mol. The highest BCUT2D eigenvalue weighted by molar-refractivity contribution is 5.79. The minimum absolute atomic E-state index is 0.00548. The Balaban J connectivity index is 1.93. The van der Waals surface area contributed by atoms with Gasteiger partial charge in [-0.2, -0.15) is 0 Å². The van der Waals surface area contributed by atoms with Crippen molar-refractivity contribution in [3.05, 3.63) is 59.9 Å². The summed E-state index contributed by atoms with van der Waals surface area (Å²) < 4.78 is 0. The number of hydrogen-bond donors (Lipinski definition) is 2. The van der Waals surface area contributed by atoms with Gasteiger partial charge in [-0.3, -0.25) is 9.78 Å². The summed E-state index contributed by atoms with van der Waals surface area (Å²) in [6.45, 7) is 1.95. The van der Waals surface area contributed by atoms with Gasteiger partial charge in [-0.05, 0) is 42.3 Å². The Morgan fingerprint density at radius 3 is 2.47 bits per heavy atom. The summed E-state index contributed by atoms with van der Waals surface area (Å²) in [7, 11) is 0. The second-order valence-electron chi connectivity index (χ2n) is 4.49. The van der Waals surface area contributed by atoms with E-state index in [1.807, 2.05) is 31.2 Å². The topological polar surface area (TPSA) is 68.0 Å². The van der Waals surface area contributed by atoms with Crippen molar-refractivity contribution < 1.29 is 4.79 Å². The number of nitrogens with two attached hydrogens (primary N) is 1. The van der Waals surface area contributed by atoms with Crippen molar-refractivity contribution in [2.45, 2.75) is 19.4 Å². The summed E-state index contributed by atoms with van der Waals surface area (Å²) in [6.07, 6.45) is 3.80. The Kier molecular flexibility index (Phi) is 4.13. The SMILES string of the molecule is CC(NC(=O)Cc1ccc(N)cc1)c1ccncc1. The van der Waals surface area contributed by atoms with E-state index in [1.165, 1.54) is 0 Å². The van der Waals surface area contributed by atoms with Crippen LogP contribution in [0.4, 0.5) is 5.69 Å². The number of aromatic nitrogens is 1. The average Bonchev–Trinajstić information content (AvgIpc) is 2.42. The molecule has 0 aliphatic heterocycles. The number of carbonyl (C=O) groups excluding carboxylic acids is 1. The maximum atomic E-state index is 11.9. The van der Waals surface area contributed by atoms with Crippen molar-refractivity contribution in [2.24, 2.45) is 0 Å². The second kappa shape index (κ2) is 6.00. The molecule has 0 saturated carbocycles. The third kappa shape index (κ3) is 3.81. The van der Waals surface area contributed by atoms with Crippen molar-refractivity contribution >= 4 is 11.6 Å². The first-order valence-corrected chi connectivity index (χ1v) is 6.19. The number of benzene rings is 1. The van der Waals surface area contributed by atoms with Crippen LogP contribution in [-0.4, -0.2) is 10.9 Å². The standard InChI is InChI=1S/C15H17N3O/c1-11(13-6-8-17-9-7-13)18-15(19)10-12-2-4-14(16)5-3-12/h2-9,11H,10,16H2,1H3,(H,18,19). The molecule has 0 spiro atoms. The number of pyridine rings is 1. The number of nitrogen functional groups attached to an aromatic ring is 1. The fraction of sp³-hybridized carbons (Fsp3) is 0.200. The lowest BCUT2D eigenvalue weighted by Crippen LogP contribution is -2.28. The Morgan fingerprint density at radius 2 is 1.84 bits per heavy atom. The van der Waals surface area contributed by atoms with E-state index < -0.39 is 0 Å². The number of rotatable bonds is 4. The van der Waals surface area contributed by atoms with Crippen molar-refractivity contribution in [1.82, 2.24) is 10.3 Å². The molecule has 3 N–H and O–H groups in total. The lowest BCUT2D eigenvalue weighted by molar-refractivity contribution is -0.121. The Bertz CT molecular complexity index is 537. The van der Waals surface area contributed by atoms with E-state index in [1.54, 1.807) is 24.5 Å². The second-order valence-corrected chi connectivity index (χ2v) is 4.49. The molecule has 19 heavy (non-hydrogen) atoms. The van der Waals surface area contributed by atoms with Gasteiger partial charge in [-0.15, -0.1) is 0 Å². The molecule has 1 amide bonds. The van der Waals surface area contributed by atoms with Crippen LogP contribution >= 0.6 is 0 Å². The van der Waals surface area contributed by atoms with E-state index >= 15 is 0 Å². The quantitative estimate of drug-likeness (QED) is 0.822. The molecule has 0 aliphatic rings. The lowest BCUT2D eigenvalue weighted by atomic mass is 10.1. The van der Waals surface area contributed by atoms with E-state index in [0.717, 1.165) is 11.1 Å². The van der Waals surface area contributed by atoms with Gasteiger partial charge in [0.15, 0.2) is 0 Å². The number of nitrogens with one attached hydrogen (secondary N) is 1. The molecule has 0 bridgehead atoms. The molecular formula is C15H17N3O. The highest BCUT2D eigenvalue weighted by Crippen LogP contribution is 2.11. The Labute approximate surface area is 112 Å². The number of amides is 1. The smallest absolute Gasteiger partial charge is 0.224 e. The van der Waals surface area contributed by atoms with Gasteiger partial charge in [0.2, 0.25) is 5.91 Å². The van der Waals surface area contributed by atoms with Crippen LogP contribution in [-0.2, 0) is 11.2 Å². The third-order valence-electron chi connectivity index (χ3n) is 2.93. The molecule has 4 heteroatoms. The largest absolute Gasteiger partial charge is 0.399 e.